The number of hydrogen-bond acceptors (Lipinski definition) is 5. The number of benzene rings is 1. The van der Waals surface area contributed by atoms with Crippen LogP contribution in [-0.2, 0) is 6.54 Å². The second-order valence-corrected chi connectivity index (χ2v) is 7.54. The van der Waals surface area contributed by atoms with E-state index in [4.69, 9.17) is 0 Å². The van der Waals surface area contributed by atoms with Gasteiger partial charge in [-0.25, -0.2) is 4.79 Å². The zero-order valence-electron chi connectivity index (χ0n) is 16.6. The van der Waals surface area contributed by atoms with Gasteiger partial charge in [0.1, 0.15) is 0 Å². The van der Waals surface area contributed by atoms with Crippen LogP contribution < -0.4 is 10.6 Å². The zero-order valence-corrected chi connectivity index (χ0v) is 17.4. The Morgan fingerprint density at radius 2 is 1.87 bits per heavy atom. The van der Waals surface area contributed by atoms with Gasteiger partial charge in [0.25, 0.3) is 5.91 Å². The molecule has 0 fully saturated rings. The smallest absolute Gasteiger partial charge is 0.318 e. The molecule has 0 aliphatic carbocycles. The normalized spacial score (nSPS) is 11.5. The Morgan fingerprint density at radius 3 is 2.50 bits per heavy atom. The van der Waals surface area contributed by atoms with Crippen molar-refractivity contribution in [2.45, 2.75) is 19.5 Å². The SMILES string of the molecule is CC(NC(=O)N(CCO)Cc1ccsc1)c1ccc(NC(=O)c2ccncc2)cc1. The van der Waals surface area contributed by atoms with Crippen LogP contribution in [0, 0.1) is 0 Å². The molecule has 0 saturated carbocycles. The molecule has 3 aromatic rings. The molecule has 2 heterocycles. The first-order valence-electron chi connectivity index (χ1n) is 9.55. The van der Waals surface area contributed by atoms with Crippen LogP contribution in [0.4, 0.5) is 10.5 Å². The Bertz CT molecular complexity index is 946. The molecule has 8 heteroatoms. The number of thiophene rings is 1. The third-order valence-electron chi connectivity index (χ3n) is 4.56. The van der Waals surface area contributed by atoms with Crippen LogP contribution in [0.3, 0.4) is 0 Å². The summed E-state index contributed by atoms with van der Waals surface area (Å²) in [4.78, 5) is 30.4. The Hall–Kier alpha value is -3.23. The van der Waals surface area contributed by atoms with Gasteiger partial charge in [0, 0.05) is 36.7 Å². The molecule has 0 aliphatic rings. The van der Waals surface area contributed by atoms with Crippen molar-refractivity contribution in [1.29, 1.82) is 0 Å². The number of carbonyl (C=O) groups is 2. The van der Waals surface area contributed by atoms with Crippen molar-refractivity contribution in [2.24, 2.45) is 0 Å². The minimum absolute atomic E-state index is 0.0994. The van der Waals surface area contributed by atoms with E-state index in [1.807, 2.05) is 35.9 Å². The van der Waals surface area contributed by atoms with Gasteiger partial charge in [-0.05, 0) is 59.1 Å². The summed E-state index contributed by atoms with van der Waals surface area (Å²) in [7, 11) is 0. The quantitative estimate of drug-likeness (QED) is 0.514. The molecule has 2 aromatic heterocycles. The largest absolute Gasteiger partial charge is 0.395 e. The monoisotopic (exact) mass is 424 g/mol. The second-order valence-electron chi connectivity index (χ2n) is 6.76. The van der Waals surface area contributed by atoms with Gasteiger partial charge in [-0.1, -0.05) is 12.1 Å². The Balaban J connectivity index is 1.58. The fraction of sp³-hybridized carbons (Fsp3) is 0.227. The number of urea groups is 1. The van der Waals surface area contributed by atoms with Crippen LogP contribution in [0.5, 0.6) is 0 Å². The standard InChI is InChI=1S/C22H24N4O3S/c1-16(24-22(29)26(11-12-27)14-17-8-13-30-15-17)18-2-4-20(5-3-18)25-21(28)19-6-9-23-10-7-19/h2-10,13,15-16,27H,11-12,14H2,1H3,(H,24,29)(H,25,28). The van der Waals surface area contributed by atoms with Gasteiger partial charge >= 0.3 is 6.03 Å². The van der Waals surface area contributed by atoms with Crippen molar-refractivity contribution in [3.8, 4) is 0 Å². The molecule has 1 aromatic carbocycles. The first-order valence-corrected chi connectivity index (χ1v) is 10.5. The van der Waals surface area contributed by atoms with Crippen molar-refractivity contribution in [3.63, 3.8) is 0 Å². The predicted octanol–water partition coefficient (Wildman–Crippen LogP) is 3.66. The van der Waals surface area contributed by atoms with E-state index in [1.165, 1.54) is 0 Å². The highest BCUT2D eigenvalue weighted by Gasteiger charge is 2.17. The molecule has 0 aliphatic heterocycles. The van der Waals surface area contributed by atoms with Gasteiger partial charge in [-0.3, -0.25) is 9.78 Å². The first-order chi connectivity index (χ1) is 14.6. The molecule has 1 unspecified atom stereocenters. The highest BCUT2D eigenvalue weighted by molar-refractivity contribution is 7.07. The van der Waals surface area contributed by atoms with Crippen LogP contribution in [0.25, 0.3) is 0 Å². The number of aliphatic hydroxyl groups is 1. The summed E-state index contributed by atoms with van der Waals surface area (Å²) in [6.07, 6.45) is 3.14. The van der Waals surface area contributed by atoms with E-state index in [1.54, 1.807) is 52.9 Å². The number of nitrogens with one attached hydrogen (secondary N) is 2. The summed E-state index contributed by atoms with van der Waals surface area (Å²) in [6.45, 7) is 2.50. The fourth-order valence-corrected chi connectivity index (χ4v) is 3.56. The van der Waals surface area contributed by atoms with Crippen LogP contribution >= 0.6 is 11.3 Å². The van der Waals surface area contributed by atoms with Gasteiger partial charge in [0.15, 0.2) is 0 Å². The number of hydrogen-bond donors (Lipinski definition) is 3. The zero-order chi connectivity index (χ0) is 21.3. The molecular weight excluding hydrogens is 400 g/mol. The topological polar surface area (TPSA) is 94.6 Å². The van der Waals surface area contributed by atoms with Crippen LogP contribution in [0.1, 0.15) is 34.5 Å². The molecule has 156 valence electrons. The molecule has 0 bridgehead atoms. The maximum Gasteiger partial charge on any atom is 0.318 e. The molecule has 0 saturated heterocycles. The number of rotatable bonds is 8. The molecule has 3 N–H and O–H groups in total. The minimum atomic E-state index is -0.238. The molecule has 3 rings (SSSR count). The third kappa shape index (κ3) is 5.88. The summed E-state index contributed by atoms with van der Waals surface area (Å²) >= 11 is 1.57. The van der Waals surface area contributed by atoms with E-state index in [9.17, 15) is 14.7 Å². The van der Waals surface area contributed by atoms with Gasteiger partial charge in [0.2, 0.25) is 0 Å². The van der Waals surface area contributed by atoms with Gasteiger partial charge in [-0.2, -0.15) is 11.3 Å². The van der Waals surface area contributed by atoms with Crippen LogP contribution in [-0.4, -0.2) is 40.1 Å². The maximum absolute atomic E-state index is 12.7. The van der Waals surface area contributed by atoms with Gasteiger partial charge < -0.3 is 20.6 Å². The highest BCUT2D eigenvalue weighted by atomic mass is 32.1. The third-order valence-corrected chi connectivity index (χ3v) is 5.29. The number of aliphatic hydroxyl groups excluding tert-OH is 1. The maximum atomic E-state index is 12.7. The molecule has 30 heavy (non-hydrogen) atoms. The van der Waals surface area contributed by atoms with E-state index in [-0.39, 0.29) is 31.1 Å². The number of nitrogens with zero attached hydrogens (tertiary/aromatic N) is 2. The number of aromatic nitrogens is 1. The lowest BCUT2D eigenvalue weighted by molar-refractivity contribution is 0.102. The Labute approximate surface area is 179 Å². The lowest BCUT2D eigenvalue weighted by Crippen LogP contribution is -2.42. The first kappa shape index (κ1) is 21.5. The number of anilines is 1. The lowest BCUT2D eigenvalue weighted by atomic mass is 10.1. The Kier molecular flexibility index (Phi) is 7.53. The molecule has 7 nitrogen and oxygen atoms in total. The van der Waals surface area contributed by atoms with Crippen LogP contribution in [0.2, 0.25) is 0 Å². The molecule has 3 amide bonds. The summed E-state index contributed by atoms with van der Waals surface area (Å²) in [5.41, 5.74) is 3.14. The van der Waals surface area contributed by atoms with Crippen molar-refractivity contribution >= 4 is 29.0 Å². The second kappa shape index (κ2) is 10.5. The predicted molar refractivity (Wildman–Crippen MR) is 117 cm³/mol. The van der Waals surface area contributed by atoms with E-state index < -0.39 is 0 Å². The van der Waals surface area contributed by atoms with Gasteiger partial charge in [0.05, 0.1) is 12.6 Å². The van der Waals surface area contributed by atoms with E-state index in [2.05, 4.69) is 15.6 Å². The van der Waals surface area contributed by atoms with Crippen molar-refractivity contribution in [2.75, 3.05) is 18.5 Å². The summed E-state index contributed by atoms with van der Waals surface area (Å²) in [6, 6.07) is 12.1. The summed E-state index contributed by atoms with van der Waals surface area (Å²) < 4.78 is 0. The number of pyridine rings is 1. The fourth-order valence-electron chi connectivity index (χ4n) is 2.90. The average Bonchev–Trinajstić information content (AvgIpc) is 3.27. The lowest BCUT2D eigenvalue weighted by Gasteiger charge is -2.24. The number of carbonyl (C=O) groups excluding carboxylic acids is 2. The van der Waals surface area contributed by atoms with Crippen molar-refractivity contribution in [1.82, 2.24) is 15.2 Å². The van der Waals surface area contributed by atoms with Crippen LogP contribution in [0.15, 0.2) is 65.6 Å². The average molecular weight is 425 g/mol. The summed E-state index contributed by atoms with van der Waals surface area (Å²) in [5.74, 6) is -0.209. The molecule has 1 atom stereocenters. The van der Waals surface area contributed by atoms with E-state index >= 15 is 0 Å². The van der Waals surface area contributed by atoms with Crippen molar-refractivity contribution in [3.05, 3.63) is 82.3 Å². The molecule has 0 radical (unpaired) electrons. The van der Waals surface area contributed by atoms with Gasteiger partial charge in [-0.15, -0.1) is 0 Å². The van der Waals surface area contributed by atoms with E-state index in [0.717, 1.165) is 11.1 Å². The molecule has 0 spiro atoms. The highest BCUT2D eigenvalue weighted by Crippen LogP contribution is 2.18. The van der Waals surface area contributed by atoms with E-state index in [0.29, 0.717) is 17.8 Å². The molecular formula is C22H24N4O3S. The minimum Gasteiger partial charge on any atom is -0.395 e. The number of amides is 3. The van der Waals surface area contributed by atoms with Crippen molar-refractivity contribution < 1.29 is 14.7 Å². The summed E-state index contributed by atoms with van der Waals surface area (Å²) in [5, 5.41) is 19.0. The Morgan fingerprint density at radius 1 is 1.13 bits per heavy atom.